The van der Waals surface area contributed by atoms with Crippen molar-refractivity contribution in [2.75, 3.05) is 39.7 Å². The summed E-state index contributed by atoms with van der Waals surface area (Å²) < 4.78 is 10.4. The van der Waals surface area contributed by atoms with Crippen LogP contribution in [-0.4, -0.2) is 56.1 Å². The van der Waals surface area contributed by atoms with Gasteiger partial charge in [0.25, 0.3) is 5.91 Å². The molecule has 2 aromatic rings. The number of aromatic amines is 1. The molecule has 140 valence electrons. The van der Waals surface area contributed by atoms with Crippen molar-refractivity contribution >= 4 is 17.6 Å². The van der Waals surface area contributed by atoms with Gasteiger partial charge in [-0.05, 0) is 57.8 Å². The van der Waals surface area contributed by atoms with E-state index in [9.17, 15) is 9.59 Å². The van der Waals surface area contributed by atoms with Gasteiger partial charge in [0.2, 0.25) is 0 Å². The first-order chi connectivity index (χ1) is 12.3. The lowest BCUT2D eigenvalue weighted by Gasteiger charge is -2.11. The van der Waals surface area contributed by atoms with E-state index in [1.165, 1.54) is 7.11 Å². The summed E-state index contributed by atoms with van der Waals surface area (Å²) in [5.41, 5.74) is 2.54. The van der Waals surface area contributed by atoms with Gasteiger partial charge < -0.3 is 24.7 Å². The Kier molecular flexibility index (Phi) is 6.41. The predicted octanol–water partition coefficient (Wildman–Crippen LogP) is 2.61. The van der Waals surface area contributed by atoms with E-state index in [0.29, 0.717) is 34.8 Å². The molecule has 2 rings (SSSR count). The van der Waals surface area contributed by atoms with Gasteiger partial charge in [-0.1, -0.05) is 0 Å². The number of carbonyl (C=O) groups is 2. The number of rotatable bonds is 7. The zero-order valence-corrected chi connectivity index (χ0v) is 15.8. The summed E-state index contributed by atoms with van der Waals surface area (Å²) in [6.07, 6.45) is 0. The minimum atomic E-state index is -0.463. The molecule has 0 saturated heterocycles. The van der Waals surface area contributed by atoms with Gasteiger partial charge in [-0.3, -0.25) is 4.79 Å². The van der Waals surface area contributed by atoms with Gasteiger partial charge >= 0.3 is 5.97 Å². The zero-order chi connectivity index (χ0) is 19.3. The van der Waals surface area contributed by atoms with Gasteiger partial charge in [-0.2, -0.15) is 0 Å². The Bertz CT molecular complexity index is 779. The molecule has 0 atom stereocenters. The van der Waals surface area contributed by atoms with Crippen LogP contribution in [0.1, 0.15) is 32.1 Å². The second kappa shape index (κ2) is 8.53. The van der Waals surface area contributed by atoms with Gasteiger partial charge in [0.15, 0.2) is 0 Å². The number of ether oxygens (including phenoxy) is 2. The van der Waals surface area contributed by atoms with E-state index in [2.05, 4.69) is 10.3 Å². The number of likely N-dealkylation sites (N-methyl/N-ethyl adjacent to an activating group) is 1. The molecule has 7 nitrogen and oxygen atoms in total. The number of aryl methyl sites for hydroxylation is 1. The maximum Gasteiger partial charge on any atom is 0.339 e. The fourth-order valence-corrected chi connectivity index (χ4v) is 2.56. The standard InChI is InChI=1S/C19H25N3O4/c1-12-16(19(24)25-5)13(2)20-17(12)18(23)21-14-6-8-15(9-7-14)26-11-10-22(3)4/h6-9,20H,10-11H2,1-5H3,(H,21,23). The number of benzene rings is 1. The van der Waals surface area contributed by atoms with E-state index in [4.69, 9.17) is 9.47 Å². The van der Waals surface area contributed by atoms with Crippen molar-refractivity contribution in [3.63, 3.8) is 0 Å². The average molecular weight is 359 g/mol. The Hall–Kier alpha value is -2.80. The Morgan fingerprint density at radius 2 is 1.81 bits per heavy atom. The summed E-state index contributed by atoms with van der Waals surface area (Å²) in [7, 11) is 5.28. The first-order valence-electron chi connectivity index (χ1n) is 8.30. The number of hydrogen-bond donors (Lipinski definition) is 2. The average Bonchev–Trinajstić information content (AvgIpc) is 2.90. The number of H-pyrrole nitrogens is 1. The van der Waals surface area contributed by atoms with Crippen molar-refractivity contribution < 1.29 is 19.1 Å². The number of methoxy groups -OCH3 is 1. The second-order valence-corrected chi connectivity index (χ2v) is 6.25. The molecule has 0 spiro atoms. The van der Waals surface area contributed by atoms with E-state index in [0.717, 1.165) is 12.3 Å². The molecule has 0 aliphatic carbocycles. The van der Waals surface area contributed by atoms with Crippen LogP contribution >= 0.6 is 0 Å². The molecule has 0 fully saturated rings. The number of nitrogens with one attached hydrogen (secondary N) is 2. The number of carbonyl (C=O) groups excluding carboxylic acids is 2. The van der Waals surface area contributed by atoms with Gasteiger partial charge in [0.1, 0.15) is 18.1 Å². The van der Waals surface area contributed by atoms with E-state index in [1.807, 2.05) is 19.0 Å². The third-order valence-corrected chi connectivity index (χ3v) is 3.97. The Balaban J connectivity index is 2.05. The maximum atomic E-state index is 12.5. The van der Waals surface area contributed by atoms with Crippen LogP contribution in [0, 0.1) is 13.8 Å². The molecule has 0 aliphatic rings. The fourth-order valence-electron chi connectivity index (χ4n) is 2.56. The molecule has 2 N–H and O–H groups in total. The van der Waals surface area contributed by atoms with Crippen LogP contribution in [0.4, 0.5) is 5.69 Å². The zero-order valence-electron chi connectivity index (χ0n) is 15.8. The van der Waals surface area contributed by atoms with E-state index >= 15 is 0 Å². The molecule has 0 aliphatic heterocycles. The summed E-state index contributed by atoms with van der Waals surface area (Å²) in [5.74, 6) is -0.0405. The van der Waals surface area contributed by atoms with Crippen molar-refractivity contribution in [3.05, 3.63) is 46.8 Å². The highest BCUT2D eigenvalue weighted by Crippen LogP contribution is 2.21. The molecule has 0 bridgehead atoms. The van der Waals surface area contributed by atoms with E-state index in [-0.39, 0.29) is 5.91 Å². The highest BCUT2D eigenvalue weighted by molar-refractivity contribution is 6.06. The van der Waals surface area contributed by atoms with Crippen LogP contribution in [0.25, 0.3) is 0 Å². The Morgan fingerprint density at radius 3 is 2.38 bits per heavy atom. The largest absolute Gasteiger partial charge is 0.492 e. The summed E-state index contributed by atoms with van der Waals surface area (Å²) >= 11 is 0. The SMILES string of the molecule is COC(=O)c1c(C)[nH]c(C(=O)Nc2ccc(OCCN(C)C)cc2)c1C. The number of hydrogen-bond acceptors (Lipinski definition) is 5. The molecule has 0 saturated carbocycles. The smallest absolute Gasteiger partial charge is 0.339 e. The molecule has 1 amide bonds. The minimum absolute atomic E-state index is 0.318. The van der Waals surface area contributed by atoms with Crippen LogP contribution in [0.2, 0.25) is 0 Å². The lowest BCUT2D eigenvalue weighted by atomic mass is 10.1. The molecule has 0 radical (unpaired) electrons. The van der Waals surface area contributed by atoms with Gasteiger partial charge in [-0.25, -0.2) is 4.79 Å². The van der Waals surface area contributed by atoms with E-state index in [1.54, 1.807) is 38.1 Å². The Morgan fingerprint density at radius 1 is 1.15 bits per heavy atom. The second-order valence-electron chi connectivity index (χ2n) is 6.25. The lowest BCUT2D eigenvalue weighted by Crippen LogP contribution is -2.19. The topological polar surface area (TPSA) is 83.7 Å². The number of amides is 1. The summed E-state index contributed by atoms with van der Waals surface area (Å²) in [5, 5.41) is 2.81. The quantitative estimate of drug-likeness (QED) is 0.743. The molecule has 26 heavy (non-hydrogen) atoms. The minimum Gasteiger partial charge on any atom is -0.492 e. The van der Waals surface area contributed by atoms with Crippen molar-refractivity contribution in [1.29, 1.82) is 0 Å². The third-order valence-electron chi connectivity index (χ3n) is 3.97. The fraction of sp³-hybridized carbons (Fsp3) is 0.368. The van der Waals surface area contributed by atoms with Crippen LogP contribution in [0.15, 0.2) is 24.3 Å². The van der Waals surface area contributed by atoms with Crippen molar-refractivity contribution in [2.24, 2.45) is 0 Å². The molecule has 0 unspecified atom stereocenters. The first kappa shape index (κ1) is 19.5. The van der Waals surface area contributed by atoms with Gasteiger partial charge in [0, 0.05) is 17.9 Å². The molecular formula is C19H25N3O4. The van der Waals surface area contributed by atoms with Crippen LogP contribution < -0.4 is 10.1 Å². The number of esters is 1. The highest BCUT2D eigenvalue weighted by atomic mass is 16.5. The Labute approximate surface area is 153 Å². The van der Waals surface area contributed by atoms with Crippen molar-refractivity contribution in [3.8, 4) is 5.75 Å². The number of aromatic nitrogens is 1. The third kappa shape index (κ3) is 4.64. The van der Waals surface area contributed by atoms with Crippen LogP contribution in [0.5, 0.6) is 5.75 Å². The number of nitrogens with zero attached hydrogens (tertiary/aromatic N) is 1. The highest BCUT2D eigenvalue weighted by Gasteiger charge is 2.22. The monoisotopic (exact) mass is 359 g/mol. The van der Waals surface area contributed by atoms with Crippen LogP contribution in [-0.2, 0) is 4.74 Å². The van der Waals surface area contributed by atoms with Crippen LogP contribution in [0.3, 0.4) is 0 Å². The molecular weight excluding hydrogens is 334 g/mol. The van der Waals surface area contributed by atoms with Crippen molar-refractivity contribution in [2.45, 2.75) is 13.8 Å². The lowest BCUT2D eigenvalue weighted by molar-refractivity contribution is 0.0599. The molecule has 1 aromatic carbocycles. The maximum absolute atomic E-state index is 12.5. The molecule has 1 aromatic heterocycles. The van der Waals surface area contributed by atoms with Crippen molar-refractivity contribution in [1.82, 2.24) is 9.88 Å². The first-order valence-corrected chi connectivity index (χ1v) is 8.30. The summed E-state index contributed by atoms with van der Waals surface area (Å²) in [6.45, 7) is 4.87. The summed E-state index contributed by atoms with van der Waals surface area (Å²) in [4.78, 5) is 29.3. The van der Waals surface area contributed by atoms with Gasteiger partial charge in [-0.15, -0.1) is 0 Å². The normalized spacial score (nSPS) is 10.7. The van der Waals surface area contributed by atoms with E-state index < -0.39 is 5.97 Å². The molecule has 1 heterocycles. The molecule has 7 heteroatoms. The summed E-state index contributed by atoms with van der Waals surface area (Å²) in [6, 6.07) is 7.15. The van der Waals surface area contributed by atoms with Gasteiger partial charge in [0.05, 0.1) is 12.7 Å². The predicted molar refractivity (Wildman–Crippen MR) is 100 cm³/mol. The number of anilines is 1.